The van der Waals surface area contributed by atoms with Crippen LogP contribution in [-0.2, 0) is 6.42 Å². The number of nitrogens with zero attached hydrogens (tertiary/aromatic N) is 5. The molecule has 9 nitrogen and oxygen atoms in total. The summed E-state index contributed by atoms with van der Waals surface area (Å²) in [6.45, 7) is 1.94. The average molecular weight is 601 g/mol. The number of anilines is 2. The van der Waals surface area contributed by atoms with E-state index in [-0.39, 0.29) is 6.03 Å². The van der Waals surface area contributed by atoms with Gasteiger partial charge in [0.2, 0.25) is 0 Å². The number of piperazine rings is 1. The zero-order valence-electron chi connectivity index (χ0n) is 24.3. The average Bonchev–Trinajstić information content (AvgIpc) is 3.50. The van der Waals surface area contributed by atoms with Crippen molar-refractivity contribution in [3.05, 3.63) is 126 Å². The van der Waals surface area contributed by atoms with Crippen molar-refractivity contribution >= 4 is 28.6 Å². The summed E-state index contributed by atoms with van der Waals surface area (Å²) < 4.78 is 25.6. The van der Waals surface area contributed by atoms with Crippen molar-refractivity contribution in [2.75, 3.05) is 36.4 Å². The molecule has 0 aliphatic carbocycles. The second kappa shape index (κ2) is 12.5. The van der Waals surface area contributed by atoms with Gasteiger partial charge in [-0.25, -0.2) is 14.2 Å². The van der Waals surface area contributed by atoms with E-state index in [1.165, 1.54) is 12.1 Å². The van der Waals surface area contributed by atoms with Crippen LogP contribution in [0.25, 0.3) is 22.4 Å². The fourth-order valence-corrected chi connectivity index (χ4v) is 5.38. The molecule has 0 saturated carbocycles. The first kappa shape index (κ1) is 28.0. The minimum absolute atomic E-state index is 0.279. The minimum Gasteiger partial charge on any atom is -0.457 e. The molecular weight excluding hydrogens is 571 g/mol. The maximum atomic E-state index is 13.6. The zero-order chi connectivity index (χ0) is 30.6. The summed E-state index contributed by atoms with van der Waals surface area (Å²) in [5.74, 6) is 2.29. The number of carbonyl (C=O) groups is 1. The Balaban J connectivity index is 1.19. The number of fused-ring (bicyclic) bond motifs is 1. The molecule has 0 spiro atoms. The van der Waals surface area contributed by atoms with Gasteiger partial charge in [-0.05, 0) is 48.0 Å². The Morgan fingerprint density at radius 2 is 1.56 bits per heavy atom. The van der Waals surface area contributed by atoms with E-state index in [9.17, 15) is 9.18 Å². The van der Waals surface area contributed by atoms with Gasteiger partial charge in [-0.2, -0.15) is 4.98 Å². The quantitative estimate of drug-likeness (QED) is 0.208. The van der Waals surface area contributed by atoms with Crippen molar-refractivity contribution in [1.29, 1.82) is 0 Å². The molecule has 1 N–H and O–H groups in total. The Kier molecular flexibility index (Phi) is 7.76. The fraction of sp³-hybridized carbons (Fsp3) is 0.143. The monoisotopic (exact) mass is 600 g/mol. The maximum absolute atomic E-state index is 13.6. The predicted molar refractivity (Wildman–Crippen MR) is 170 cm³/mol. The van der Waals surface area contributed by atoms with Crippen molar-refractivity contribution in [1.82, 2.24) is 20.0 Å². The van der Waals surface area contributed by atoms with Crippen LogP contribution >= 0.6 is 0 Å². The Morgan fingerprint density at radius 1 is 0.822 bits per heavy atom. The molecule has 1 aliphatic rings. The third-order valence-electron chi connectivity index (χ3n) is 7.60. The molecule has 0 unspecified atom stereocenters. The maximum Gasteiger partial charge on any atom is 0.321 e. The van der Waals surface area contributed by atoms with Gasteiger partial charge in [0.25, 0.3) is 5.71 Å². The lowest BCUT2D eigenvalue weighted by Crippen LogP contribution is -2.50. The Bertz CT molecular complexity index is 1940. The number of benzene rings is 4. The van der Waals surface area contributed by atoms with Gasteiger partial charge in [0.15, 0.2) is 0 Å². The molecule has 7 rings (SSSR count). The normalized spacial score (nSPS) is 13.2. The standard InChI is InChI=1S/C35H29FN6O3/c36-26-12-8-13-27(23-26)37-35(43)42-19-17-41(18-20-42)33-31-32(25-11-7-16-29(22-25)44-28-14-5-2-6-15-28)40-45-34(31)39-30(38-33)21-24-9-3-1-4-10-24/h1-16,22-23H,17-21H2,(H,37,43). The van der Waals surface area contributed by atoms with Crippen molar-refractivity contribution in [3.8, 4) is 22.8 Å². The topological polar surface area (TPSA) is 96.6 Å². The third kappa shape index (κ3) is 6.30. The van der Waals surface area contributed by atoms with Gasteiger partial charge in [-0.15, -0.1) is 0 Å². The number of nitrogens with one attached hydrogen (secondary N) is 1. The lowest BCUT2D eigenvalue weighted by molar-refractivity contribution is 0.208. The number of rotatable bonds is 7. The molecule has 10 heteroatoms. The SMILES string of the molecule is O=C(Nc1cccc(F)c1)N1CCN(c2nc(Cc3ccccc3)nc3onc(-c4cccc(Oc5ccccc5)c4)c23)CC1. The van der Waals surface area contributed by atoms with Crippen molar-refractivity contribution in [3.63, 3.8) is 0 Å². The van der Waals surface area contributed by atoms with Crippen LogP contribution in [0.1, 0.15) is 11.4 Å². The highest BCUT2D eigenvalue weighted by Crippen LogP contribution is 2.36. The number of hydrogen-bond donors (Lipinski definition) is 1. The van der Waals surface area contributed by atoms with E-state index in [4.69, 9.17) is 19.2 Å². The molecule has 6 aromatic rings. The molecule has 0 radical (unpaired) electrons. The Hall–Kier alpha value is -5.77. The van der Waals surface area contributed by atoms with Gasteiger partial charge in [0.05, 0.1) is 0 Å². The lowest BCUT2D eigenvalue weighted by Gasteiger charge is -2.35. The van der Waals surface area contributed by atoms with E-state index in [2.05, 4.69) is 15.4 Å². The molecule has 1 saturated heterocycles. The van der Waals surface area contributed by atoms with Crippen LogP contribution in [0.5, 0.6) is 11.5 Å². The molecule has 45 heavy (non-hydrogen) atoms. The van der Waals surface area contributed by atoms with Crippen molar-refractivity contribution in [2.24, 2.45) is 0 Å². The molecule has 1 aliphatic heterocycles. The van der Waals surface area contributed by atoms with Gasteiger partial charge in [0.1, 0.15) is 40.0 Å². The molecule has 2 aromatic heterocycles. The van der Waals surface area contributed by atoms with Gasteiger partial charge < -0.3 is 24.4 Å². The van der Waals surface area contributed by atoms with Crippen LogP contribution in [0.4, 0.5) is 20.7 Å². The van der Waals surface area contributed by atoms with Crippen molar-refractivity contribution in [2.45, 2.75) is 6.42 Å². The summed E-state index contributed by atoms with van der Waals surface area (Å²) in [5.41, 5.74) is 3.29. The lowest BCUT2D eigenvalue weighted by atomic mass is 10.1. The van der Waals surface area contributed by atoms with Gasteiger partial charge >= 0.3 is 6.03 Å². The second-order valence-corrected chi connectivity index (χ2v) is 10.7. The summed E-state index contributed by atoms with van der Waals surface area (Å²) in [6, 6.07) is 32.9. The van der Waals surface area contributed by atoms with Gasteiger partial charge in [-0.1, -0.05) is 71.9 Å². The summed E-state index contributed by atoms with van der Waals surface area (Å²) in [6.07, 6.45) is 0.524. The number of hydrogen-bond acceptors (Lipinski definition) is 7. The molecule has 224 valence electrons. The molecular formula is C35H29FN6O3. The van der Waals surface area contributed by atoms with Crippen LogP contribution in [-0.4, -0.2) is 52.2 Å². The Morgan fingerprint density at radius 3 is 2.33 bits per heavy atom. The number of amides is 2. The van der Waals surface area contributed by atoms with Crippen LogP contribution in [0.2, 0.25) is 0 Å². The molecule has 3 heterocycles. The van der Waals surface area contributed by atoms with Crippen molar-refractivity contribution < 1.29 is 18.4 Å². The van der Waals surface area contributed by atoms with E-state index < -0.39 is 5.82 Å². The molecule has 4 aromatic carbocycles. The van der Waals surface area contributed by atoms with E-state index in [0.29, 0.717) is 72.5 Å². The zero-order valence-corrected chi connectivity index (χ0v) is 24.3. The number of para-hydroxylation sites is 1. The number of aromatic nitrogens is 3. The summed E-state index contributed by atoms with van der Waals surface area (Å²) in [4.78, 5) is 26.6. The smallest absolute Gasteiger partial charge is 0.321 e. The highest BCUT2D eigenvalue weighted by atomic mass is 19.1. The van der Waals surface area contributed by atoms with Gasteiger partial charge in [0, 0.05) is 43.9 Å². The summed E-state index contributed by atoms with van der Waals surface area (Å²) >= 11 is 0. The predicted octanol–water partition coefficient (Wildman–Crippen LogP) is 7.16. The summed E-state index contributed by atoms with van der Waals surface area (Å²) in [5, 5.41) is 7.93. The highest BCUT2D eigenvalue weighted by molar-refractivity contribution is 5.98. The largest absolute Gasteiger partial charge is 0.457 e. The minimum atomic E-state index is -0.404. The summed E-state index contributed by atoms with van der Waals surface area (Å²) in [7, 11) is 0. The first-order valence-corrected chi connectivity index (χ1v) is 14.7. The molecule has 0 bridgehead atoms. The number of urea groups is 1. The van der Waals surface area contributed by atoms with E-state index in [1.807, 2.05) is 84.9 Å². The molecule has 1 fully saturated rings. The first-order chi connectivity index (χ1) is 22.1. The van der Waals surface area contributed by atoms with Crippen LogP contribution in [0, 0.1) is 5.82 Å². The van der Waals surface area contributed by atoms with E-state index in [0.717, 1.165) is 16.9 Å². The first-order valence-electron chi connectivity index (χ1n) is 14.7. The Labute approximate surface area is 258 Å². The third-order valence-corrected chi connectivity index (χ3v) is 7.60. The number of ether oxygens (including phenoxy) is 1. The fourth-order valence-electron chi connectivity index (χ4n) is 5.38. The molecule has 0 atom stereocenters. The van der Waals surface area contributed by atoms with Crippen LogP contribution in [0.3, 0.4) is 0 Å². The number of carbonyl (C=O) groups excluding carboxylic acids is 1. The molecule has 2 amide bonds. The van der Waals surface area contributed by atoms with Gasteiger partial charge in [-0.3, -0.25) is 0 Å². The van der Waals surface area contributed by atoms with E-state index in [1.54, 1.807) is 17.0 Å². The second-order valence-electron chi connectivity index (χ2n) is 10.7. The number of halogens is 1. The van der Waals surface area contributed by atoms with E-state index >= 15 is 0 Å². The highest BCUT2D eigenvalue weighted by Gasteiger charge is 2.27. The van der Waals surface area contributed by atoms with Crippen LogP contribution in [0.15, 0.2) is 114 Å². The van der Waals surface area contributed by atoms with Crippen LogP contribution < -0.4 is 15.0 Å².